The summed E-state index contributed by atoms with van der Waals surface area (Å²) in [6.07, 6.45) is 2.15. The highest BCUT2D eigenvalue weighted by molar-refractivity contribution is 6.03. The second-order valence-corrected chi connectivity index (χ2v) is 8.19. The van der Waals surface area contributed by atoms with E-state index in [0.717, 1.165) is 28.0 Å². The van der Waals surface area contributed by atoms with E-state index in [-0.39, 0.29) is 18.5 Å². The zero-order valence-electron chi connectivity index (χ0n) is 18.6. The van der Waals surface area contributed by atoms with Gasteiger partial charge in [-0.3, -0.25) is 9.69 Å². The molecule has 0 saturated heterocycles. The highest BCUT2D eigenvalue weighted by Crippen LogP contribution is 2.34. The molecule has 33 heavy (non-hydrogen) atoms. The fourth-order valence-corrected chi connectivity index (χ4v) is 4.12. The van der Waals surface area contributed by atoms with Crippen molar-refractivity contribution in [2.75, 3.05) is 20.7 Å². The van der Waals surface area contributed by atoms with Gasteiger partial charge in [0.15, 0.2) is 5.76 Å². The zero-order chi connectivity index (χ0) is 22.8. The van der Waals surface area contributed by atoms with Crippen LogP contribution in [0.15, 0.2) is 86.9 Å². The van der Waals surface area contributed by atoms with Gasteiger partial charge in [0.05, 0.1) is 19.9 Å². The van der Waals surface area contributed by atoms with Gasteiger partial charge in [-0.25, -0.2) is 5.01 Å². The summed E-state index contributed by atoms with van der Waals surface area (Å²) in [5.41, 5.74) is 2.63. The lowest BCUT2D eigenvalue weighted by atomic mass is 10.1. The van der Waals surface area contributed by atoms with Gasteiger partial charge in [-0.1, -0.05) is 30.3 Å². The molecule has 1 aliphatic rings. The van der Waals surface area contributed by atoms with E-state index in [4.69, 9.17) is 13.6 Å². The Morgan fingerprint density at radius 1 is 1.15 bits per heavy atom. The van der Waals surface area contributed by atoms with Crippen molar-refractivity contribution in [2.24, 2.45) is 5.10 Å². The van der Waals surface area contributed by atoms with Crippen LogP contribution in [0.4, 0.5) is 0 Å². The number of furan rings is 2. The van der Waals surface area contributed by atoms with Crippen molar-refractivity contribution in [3.05, 3.63) is 90.1 Å². The summed E-state index contributed by atoms with van der Waals surface area (Å²) >= 11 is 0. The van der Waals surface area contributed by atoms with Crippen LogP contribution < -0.4 is 4.74 Å². The molecule has 1 amide bonds. The highest BCUT2D eigenvalue weighted by Gasteiger charge is 2.36. The Morgan fingerprint density at radius 3 is 2.70 bits per heavy atom. The molecule has 3 heterocycles. The van der Waals surface area contributed by atoms with Crippen LogP contribution in [0, 0.1) is 0 Å². The van der Waals surface area contributed by atoms with Gasteiger partial charge in [-0.05, 0) is 49.0 Å². The number of carbonyl (C=O) groups is 1. The van der Waals surface area contributed by atoms with E-state index in [0.29, 0.717) is 24.5 Å². The maximum Gasteiger partial charge on any atom is 0.257 e. The lowest BCUT2D eigenvalue weighted by Gasteiger charge is -2.23. The largest absolute Gasteiger partial charge is 0.497 e. The molecule has 0 fully saturated rings. The average molecular weight is 444 g/mol. The van der Waals surface area contributed by atoms with Gasteiger partial charge >= 0.3 is 0 Å². The summed E-state index contributed by atoms with van der Waals surface area (Å²) in [5, 5.41) is 7.22. The molecule has 7 nitrogen and oxygen atoms in total. The molecule has 0 radical (unpaired) electrons. The fourth-order valence-electron chi connectivity index (χ4n) is 4.12. The first-order valence-electron chi connectivity index (χ1n) is 10.8. The third-order valence-electron chi connectivity index (χ3n) is 5.76. The number of amides is 1. The molecule has 0 bridgehead atoms. The normalized spacial score (nSPS) is 15.9. The van der Waals surface area contributed by atoms with E-state index in [2.05, 4.69) is 5.10 Å². The molecule has 2 aromatic heterocycles. The molecule has 168 valence electrons. The SMILES string of the molecule is COc1ccc(CN(C)CC(=O)N2N=C(c3cc4ccccc4o3)CC2c2ccco2)cc1. The molecule has 5 rings (SSSR count). The third-order valence-corrected chi connectivity index (χ3v) is 5.76. The van der Waals surface area contributed by atoms with Crippen molar-refractivity contribution in [3.8, 4) is 5.75 Å². The minimum atomic E-state index is -0.301. The van der Waals surface area contributed by atoms with Crippen molar-refractivity contribution < 1.29 is 18.4 Å². The summed E-state index contributed by atoms with van der Waals surface area (Å²) in [6, 6.07) is 21.0. The Labute approximate surface area is 191 Å². The van der Waals surface area contributed by atoms with E-state index in [9.17, 15) is 4.79 Å². The molecule has 1 atom stereocenters. The number of hydrogen-bond acceptors (Lipinski definition) is 6. The first kappa shape index (κ1) is 21.0. The second kappa shape index (κ2) is 8.96. The first-order chi connectivity index (χ1) is 16.1. The van der Waals surface area contributed by atoms with Crippen LogP contribution in [0.2, 0.25) is 0 Å². The quantitative estimate of drug-likeness (QED) is 0.409. The summed E-state index contributed by atoms with van der Waals surface area (Å²) < 4.78 is 16.9. The summed E-state index contributed by atoms with van der Waals surface area (Å²) in [6.45, 7) is 0.856. The molecule has 7 heteroatoms. The molecule has 1 unspecified atom stereocenters. The molecular weight excluding hydrogens is 418 g/mol. The molecule has 2 aromatic carbocycles. The van der Waals surface area contributed by atoms with E-state index in [1.165, 1.54) is 5.01 Å². The topological polar surface area (TPSA) is 71.4 Å². The van der Waals surface area contributed by atoms with Gasteiger partial charge in [0, 0.05) is 18.4 Å². The predicted molar refractivity (Wildman–Crippen MR) is 125 cm³/mol. The third kappa shape index (κ3) is 4.40. The van der Waals surface area contributed by atoms with Crippen molar-refractivity contribution in [1.29, 1.82) is 0 Å². The van der Waals surface area contributed by atoms with Crippen molar-refractivity contribution in [1.82, 2.24) is 9.91 Å². The number of methoxy groups -OCH3 is 1. The monoisotopic (exact) mass is 443 g/mol. The number of hydrazone groups is 1. The van der Waals surface area contributed by atoms with Crippen molar-refractivity contribution in [2.45, 2.75) is 19.0 Å². The first-order valence-corrected chi connectivity index (χ1v) is 10.8. The Bertz CT molecular complexity index is 1240. The molecular formula is C26H25N3O4. The minimum absolute atomic E-state index is 0.0986. The van der Waals surface area contributed by atoms with Crippen LogP contribution in [0.1, 0.15) is 29.5 Å². The maximum absolute atomic E-state index is 13.3. The number of hydrogen-bond donors (Lipinski definition) is 0. The number of fused-ring (bicyclic) bond motifs is 1. The van der Waals surface area contributed by atoms with E-state index in [1.807, 2.05) is 78.7 Å². The van der Waals surface area contributed by atoms with Gasteiger partial charge in [-0.15, -0.1) is 0 Å². The average Bonchev–Trinajstić information content (AvgIpc) is 3.58. The molecule has 4 aromatic rings. The van der Waals surface area contributed by atoms with E-state index in [1.54, 1.807) is 13.4 Å². The van der Waals surface area contributed by atoms with Crippen molar-refractivity contribution in [3.63, 3.8) is 0 Å². The molecule has 0 saturated carbocycles. The predicted octanol–water partition coefficient (Wildman–Crippen LogP) is 4.84. The van der Waals surface area contributed by atoms with Crippen LogP contribution in [0.3, 0.4) is 0 Å². The maximum atomic E-state index is 13.3. The summed E-state index contributed by atoms with van der Waals surface area (Å²) in [7, 11) is 3.56. The molecule has 0 aliphatic carbocycles. The molecule has 0 N–H and O–H groups in total. The summed E-state index contributed by atoms with van der Waals surface area (Å²) in [4.78, 5) is 15.3. The van der Waals surface area contributed by atoms with Gasteiger partial charge in [-0.2, -0.15) is 5.10 Å². The number of carbonyl (C=O) groups excluding carboxylic acids is 1. The minimum Gasteiger partial charge on any atom is -0.497 e. The van der Waals surface area contributed by atoms with E-state index >= 15 is 0 Å². The Morgan fingerprint density at radius 2 is 1.97 bits per heavy atom. The summed E-state index contributed by atoms with van der Waals surface area (Å²) in [5.74, 6) is 2.09. The Hall–Kier alpha value is -3.84. The van der Waals surface area contributed by atoms with Gasteiger partial charge in [0.2, 0.25) is 0 Å². The number of ether oxygens (including phenoxy) is 1. The van der Waals surface area contributed by atoms with Crippen LogP contribution in [0.25, 0.3) is 11.0 Å². The Kier molecular flexibility index (Phi) is 5.71. The van der Waals surface area contributed by atoms with Crippen LogP contribution in [-0.2, 0) is 11.3 Å². The van der Waals surface area contributed by atoms with Gasteiger partial charge in [0.25, 0.3) is 5.91 Å². The lowest BCUT2D eigenvalue weighted by Crippen LogP contribution is -2.36. The van der Waals surface area contributed by atoms with Gasteiger partial charge < -0.3 is 13.6 Å². The van der Waals surface area contributed by atoms with Crippen LogP contribution in [0.5, 0.6) is 5.75 Å². The molecule has 0 spiro atoms. The number of benzene rings is 2. The lowest BCUT2D eigenvalue weighted by molar-refractivity contribution is -0.134. The number of likely N-dealkylation sites (N-methyl/N-ethyl adjacent to an activating group) is 1. The fraction of sp³-hybridized carbons (Fsp3) is 0.231. The van der Waals surface area contributed by atoms with Crippen LogP contribution >= 0.6 is 0 Å². The van der Waals surface area contributed by atoms with Crippen LogP contribution in [-0.4, -0.2) is 42.2 Å². The highest BCUT2D eigenvalue weighted by atomic mass is 16.5. The van der Waals surface area contributed by atoms with Gasteiger partial charge in [0.1, 0.15) is 28.8 Å². The van der Waals surface area contributed by atoms with E-state index < -0.39 is 0 Å². The Balaban J connectivity index is 1.35. The standard InChI is InChI=1S/C26H25N3O4/c1-28(16-18-9-11-20(31-2)12-10-18)17-26(30)29-22(24-8-5-13-32-24)15-21(27-29)25-14-19-6-3-4-7-23(19)33-25/h3-14,22H,15-17H2,1-2H3. The zero-order valence-corrected chi connectivity index (χ0v) is 18.6. The number of nitrogens with zero attached hydrogens (tertiary/aromatic N) is 3. The second-order valence-electron chi connectivity index (χ2n) is 8.19. The number of para-hydroxylation sites is 1. The molecule has 1 aliphatic heterocycles. The number of rotatable bonds is 7. The van der Waals surface area contributed by atoms with Crippen molar-refractivity contribution >= 4 is 22.6 Å². The smallest absolute Gasteiger partial charge is 0.257 e.